The molecule has 0 aliphatic carbocycles. The van der Waals surface area contributed by atoms with Gasteiger partial charge in [0.1, 0.15) is 5.82 Å². The molecular formula is C21H26N4S. The van der Waals surface area contributed by atoms with E-state index < -0.39 is 0 Å². The fourth-order valence-electron chi connectivity index (χ4n) is 2.86. The average molecular weight is 367 g/mol. The van der Waals surface area contributed by atoms with E-state index >= 15 is 0 Å². The zero-order chi connectivity index (χ0) is 18.2. The highest BCUT2D eigenvalue weighted by Crippen LogP contribution is 2.21. The number of nitrogens with zero attached hydrogens (tertiary/aromatic N) is 3. The summed E-state index contributed by atoms with van der Waals surface area (Å²) in [5.41, 5.74) is 9.20. The van der Waals surface area contributed by atoms with Crippen molar-refractivity contribution in [2.75, 3.05) is 11.5 Å². The van der Waals surface area contributed by atoms with Gasteiger partial charge in [-0.2, -0.15) is 0 Å². The van der Waals surface area contributed by atoms with Crippen molar-refractivity contribution in [3.8, 4) is 0 Å². The van der Waals surface area contributed by atoms with Crippen LogP contribution in [0.25, 0.3) is 0 Å². The summed E-state index contributed by atoms with van der Waals surface area (Å²) in [6.07, 6.45) is 4.20. The van der Waals surface area contributed by atoms with Gasteiger partial charge in [-0.3, -0.25) is 0 Å². The SMILES string of the molecule is CCCSc1nnc(CCCc2ccccc2)n1Cc1ccc(N)cc1. The maximum Gasteiger partial charge on any atom is 0.191 e. The van der Waals surface area contributed by atoms with Gasteiger partial charge in [0.2, 0.25) is 0 Å². The molecule has 2 N–H and O–H groups in total. The van der Waals surface area contributed by atoms with Crippen LogP contribution < -0.4 is 5.73 Å². The molecule has 0 fully saturated rings. The molecule has 0 bridgehead atoms. The van der Waals surface area contributed by atoms with Crippen molar-refractivity contribution in [1.29, 1.82) is 0 Å². The number of nitrogens with two attached hydrogens (primary N) is 1. The zero-order valence-electron chi connectivity index (χ0n) is 15.3. The molecule has 2 aromatic carbocycles. The molecule has 0 atom stereocenters. The molecule has 0 amide bonds. The predicted molar refractivity (Wildman–Crippen MR) is 109 cm³/mol. The minimum Gasteiger partial charge on any atom is -0.399 e. The largest absolute Gasteiger partial charge is 0.399 e. The summed E-state index contributed by atoms with van der Waals surface area (Å²) in [4.78, 5) is 0. The molecule has 0 aliphatic rings. The van der Waals surface area contributed by atoms with Crippen LogP contribution in [0.3, 0.4) is 0 Å². The molecular weight excluding hydrogens is 340 g/mol. The van der Waals surface area contributed by atoms with Crippen molar-refractivity contribution in [2.24, 2.45) is 0 Å². The Labute approximate surface area is 159 Å². The van der Waals surface area contributed by atoms with Crippen LogP contribution in [0.2, 0.25) is 0 Å². The Bertz CT molecular complexity index is 797. The second kappa shape index (κ2) is 9.43. The van der Waals surface area contributed by atoms with E-state index in [2.05, 4.69) is 64.2 Å². The lowest BCUT2D eigenvalue weighted by atomic mass is 10.1. The summed E-state index contributed by atoms with van der Waals surface area (Å²) >= 11 is 1.78. The number of rotatable bonds is 9. The van der Waals surface area contributed by atoms with Crippen LogP contribution in [-0.2, 0) is 19.4 Å². The Morgan fingerprint density at radius 2 is 1.69 bits per heavy atom. The minimum atomic E-state index is 0.792. The van der Waals surface area contributed by atoms with E-state index in [4.69, 9.17) is 5.73 Å². The highest BCUT2D eigenvalue weighted by Gasteiger charge is 2.13. The monoisotopic (exact) mass is 366 g/mol. The first-order valence-corrected chi connectivity index (χ1v) is 10.2. The van der Waals surface area contributed by atoms with Crippen molar-refractivity contribution in [3.05, 3.63) is 71.5 Å². The highest BCUT2D eigenvalue weighted by molar-refractivity contribution is 7.99. The molecule has 3 rings (SSSR count). The van der Waals surface area contributed by atoms with Gasteiger partial charge in [-0.15, -0.1) is 10.2 Å². The molecule has 0 saturated carbocycles. The molecule has 0 spiro atoms. The topological polar surface area (TPSA) is 56.7 Å². The summed E-state index contributed by atoms with van der Waals surface area (Å²) in [6, 6.07) is 18.7. The molecule has 1 heterocycles. The first kappa shape index (κ1) is 18.5. The Morgan fingerprint density at radius 3 is 2.42 bits per heavy atom. The summed E-state index contributed by atoms with van der Waals surface area (Å²) in [7, 11) is 0. The molecule has 0 saturated heterocycles. The van der Waals surface area contributed by atoms with E-state index in [9.17, 15) is 0 Å². The third-order valence-electron chi connectivity index (χ3n) is 4.26. The van der Waals surface area contributed by atoms with Crippen LogP contribution in [0.15, 0.2) is 59.8 Å². The van der Waals surface area contributed by atoms with Gasteiger partial charge in [0.25, 0.3) is 0 Å². The summed E-state index contributed by atoms with van der Waals surface area (Å²) in [6.45, 7) is 2.98. The fraction of sp³-hybridized carbons (Fsp3) is 0.333. The summed E-state index contributed by atoms with van der Waals surface area (Å²) < 4.78 is 2.26. The van der Waals surface area contributed by atoms with Crippen LogP contribution in [0.4, 0.5) is 5.69 Å². The number of thioether (sulfide) groups is 1. The van der Waals surface area contributed by atoms with Gasteiger partial charge in [0.15, 0.2) is 5.16 Å². The van der Waals surface area contributed by atoms with Gasteiger partial charge in [0.05, 0.1) is 6.54 Å². The summed E-state index contributed by atoms with van der Waals surface area (Å²) in [5.74, 6) is 2.13. The zero-order valence-corrected chi connectivity index (χ0v) is 16.1. The van der Waals surface area contributed by atoms with Gasteiger partial charge < -0.3 is 10.3 Å². The second-order valence-electron chi connectivity index (χ2n) is 6.41. The minimum absolute atomic E-state index is 0.792. The van der Waals surface area contributed by atoms with Crippen LogP contribution in [0, 0.1) is 0 Å². The Morgan fingerprint density at radius 1 is 0.923 bits per heavy atom. The molecule has 0 radical (unpaired) electrons. The number of hydrogen-bond acceptors (Lipinski definition) is 4. The highest BCUT2D eigenvalue weighted by atomic mass is 32.2. The maximum atomic E-state index is 5.81. The van der Waals surface area contributed by atoms with E-state index in [1.807, 2.05) is 12.1 Å². The van der Waals surface area contributed by atoms with Gasteiger partial charge in [0, 0.05) is 17.9 Å². The van der Waals surface area contributed by atoms with Crippen LogP contribution >= 0.6 is 11.8 Å². The van der Waals surface area contributed by atoms with Crippen molar-refractivity contribution >= 4 is 17.4 Å². The van der Waals surface area contributed by atoms with Crippen LogP contribution in [0.5, 0.6) is 0 Å². The first-order chi connectivity index (χ1) is 12.8. The number of nitrogen functional groups attached to an aromatic ring is 1. The standard InChI is InChI=1S/C21H26N4S/c1-2-15-26-21-24-23-20(10-6-9-17-7-4-3-5-8-17)25(21)16-18-11-13-19(22)14-12-18/h3-5,7-8,11-14H,2,6,9-10,15-16,22H2,1H3. The van der Waals surface area contributed by atoms with Crippen LogP contribution in [0.1, 0.15) is 36.7 Å². The number of hydrogen-bond donors (Lipinski definition) is 1. The van der Waals surface area contributed by atoms with Gasteiger partial charge >= 0.3 is 0 Å². The predicted octanol–water partition coefficient (Wildman–Crippen LogP) is 4.59. The van der Waals surface area contributed by atoms with Crippen molar-refractivity contribution in [3.63, 3.8) is 0 Å². The molecule has 3 aromatic rings. The molecule has 0 aliphatic heterocycles. The van der Waals surface area contributed by atoms with Gasteiger partial charge in [-0.05, 0) is 42.5 Å². The Balaban J connectivity index is 1.71. The maximum absolute atomic E-state index is 5.81. The smallest absolute Gasteiger partial charge is 0.191 e. The Hall–Kier alpha value is -2.27. The molecule has 136 valence electrons. The lowest BCUT2D eigenvalue weighted by Crippen LogP contribution is -2.07. The van der Waals surface area contributed by atoms with E-state index in [-0.39, 0.29) is 0 Å². The fourth-order valence-corrected chi connectivity index (χ4v) is 3.67. The molecule has 5 heteroatoms. The normalized spacial score (nSPS) is 11.0. The molecule has 0 unspecified atom stereocenters. The quantitative estimate of drug-likeness (QED) is 0.445. The van der Waals surface area contributed by atoms with E-state index in [1.165, 1.54) is 11.1 Å². The van der Waals surface area contributed by atoms with Crippen molar-refractivity contribution < 1.29 is 0 Å². The van der Waals surface area contributed by atoms with Crippen molar-refractivity contribution in [2.45, 2.75) is 44.3 Å². The second-order valence-corrected chi connectivity index (χ2v) is 7.48. The third-order valence-corrected chi connectivity index (χ3v) is 5.43. The first-order valence-electron chi connectivity index (χ1n) is 9.19. The number of aryl methyl sites for hydroxylation is 2. The number of benzene rings is 2. The lowest BCUT2D eigenvalue weighted by molar-refractivity contribution is 0.646. The lowest BCUT2D eigenvalue weighted by Gasteiger charge is -2.10. The number of aromatic nitrogens is 3. The average Bonchev–Trinajstić information content (AvgIpc) is 3.04. The molecule has 4 nitrogen and oxygen atoms in total. The van der Waals surface area contributed by atoms with E-state index in [0.717, 1.165) is 54.6 Å². The van der Waals surface area contributed by atoms with E-state index in [1.54, 1.807) is 11.8 Å². The van der Waals surface area contributed by atoms with Crippen molar-refractivity contribution in [1.82, 2.24) is 14.8 Å². The van der Waals surface area contributed by atoms with Crippen LogP contribution in [-0.4, -0.2) is 20.5 Å². The van der Waals surface area contributed by atoms with Gasteiger partial charge in [-0.1, -0.05) is 61.2 Å². The Kier molecular flexibility index (Phi) is 6.72. The molecule has 1 aromatic heterocycles. The summed E-state index contributed by atoms with van der Waals surface area (Å²) in [5, 5.41) is 9.94. The number of anilines is 1. The van der Waals surface area contributed by atoms with Gasteiger partial charge in [-0.25, -0.2) is 0 Å². The third kappa shape index (κ3) is 5.11. The van der Waals surface area contributed by atoms with E-state index in [0.29, 0.717) is 0 Å². The molecule has 26 heavy (non-hydrogen) atoms.